The summed E-state index contributed by atoms with van der Waals surface area (Å²) < 4.78 is 5.10. The van der Waals surface area contributed by atoms with E-state index in [1.807, 2.05) is 0 Å². The molecule has 3 atom stereocenters. The standard InChI is InChI=1S/C13H11NO3/c1-9(15)17-11-8-6-4-2-3-5-7-10-12(11)14-13(10)16/h2,4,10-12H,7H2,1H3,(H,14,16)/t10-,11-,12+/m0/s1. The summed E-state index contributed by atoms with van der Waals surface area (Å²) in [5.41, 5.74) is 0. The van der Waals surface area contributed by atoms with E-state index in [4.69, 9.17) is 4.74 Å². The molecule has 2 rings (SSSR count). The predicted octanol–water partition coefficient (Wildman–Crippen LogP) is -0.000600. The molecule has 0 saturated carbocycles. The molecule has 4 heteroatoms. The average Bonchev–Trinajstić information content (AvgIpc) is 2.27. The van der Waals surface area contributed by atoms with E-state index in [-0.39, 0.29) is 17.9 Å². The summed E-state index contributed by atoms with van der Waals surface area (Å²) in [6.45, 7) is 1.33. The van der Waals surface area contributed by atoms with Crippen molar-refractivity contribution < 1.29 is 14.3 Å². The lowest BCUT2D eigenvalue weighted by Crippen LogP contribution is -2.63. The second-order valence-corrected chi connectivity index (χ2v) is 3.82. The van der Waals surface area contributed by atoms with Gasteiger partial charge in [0.1, 0.15) is 0 Å². The maximum Gasteiger partial charge on any atom is 0.303 e. The fraction of sp³-hybridized carbons (Fsp3) is 0.385. The van der Waals surface area contributed by atoms with Gasteiger partial charge in [0.25, 0.3) is 0 Å². The van der Waals surface area contributed by atoms with E-state index < -0.39 is 12.1 Å². The van der Waals surface area contributed by atoms with Gasteiger partial charge in [-0.2, -0.15) is 0 Å². The van der Waals surface area contributed by atoms with Gasteiger partial charge in [-0.15, -0.1) is 0 Å². The van der Waals surface area contributed by atoms with Crippen LogP contribution < -0.4 is 5.32 Å². The van der Waals surface area contributed by atoms with Crippen LogP contribution in [-0.2, 0) is 14.3 Å². The number of amides is 1. The summed E-state index contributed by atoms with van der Waals surface area (Å²) >= 11 is 0. The minimum Gasteiger partial charge on any atom is -0.447 e. The van der Waals surface area contributed by atoms with E-state index in [2.05, 4.69) is 29.0 Å². The molecule has 0 radical (unpaired) electrons. The highest BCUT2D eigenvalue weighted by atomic mass is 16.5. The van der Waals surface area contributed by atoms with Gasteiger partial charge in [0.15, 0.2) is 6.10 Å². The van der Waals surface area contributed by atoms with Crippen molar-refractivity contribution in [3.8, 4) is 23.7 Å². The van der Waals surface area contributed by atoms with Crippen LogP contribution in [0.5, 0.6) is 0 Å². The SMILES string of the molecule is CC(=O)O[C@H]1C#CC=CC#CC[C@@H]2C(=O)N[C@@H]12. The Balaban J connectivity index is 2.21. The lowest BCUT2D eigenvalue weighted by Gasteiger charge is -2.38. The molecule has 0 unspecified atom stereocenters. The third-order valence-electron chi connectivity index (χ3n) is 2.60. The number of fused-ring (bicyclic) bond motifs is 1. The first-order chi connectivity index (χ1) is 8.18. The number of nitrogens with one attached hydrogen (secondary N) is 1. The van der Waals surface area contributed by atoms with Gasteiger partial charge in [0, 0.05) is 13.3 Å². The number of esters is 1. The maximum atomic E-state index is 11.4. The van der Waals surface area contributed by atoms with Crippen molar-refractivity contribution >= 4 is 11.9 Å². The first-order valence-corrected chi connectivity index (χ1v) is 5.30. The minimum atomic E-state index is -0.597. The molecule has 1 aliphatic carbocycles. The molecule has 0 aromatic heterocycles. The molecule has 0 spiro atoms. The highest BCUT2D eigenvalue weighted by molar-refractivity contribution is 5.86. The number of allylic oxidation sites excluding steroid dienone is 2. The van der Waals surface area contributed by atoms with E-state index in [9.17, 15) is 9.59 Å². The molecule has 1 heterocycles. The van der Waals surface area contributed by atoms with Crippen LogP contribution in [0.4, 0.5) is 0 Å². The average molecular weight is 229 g/mol. The number of carbonyl (C=O) groups excluding carboxylic acids is 2. The molecule has 1 saturated heterocycles. The van der Waals surface area contributed by atoms with Crippen LogP contribution in [0.25, 0.3) is 0 Å². The Morgan fingerprint density at radius 2 is 2.24 bits per heavy atom. The van der Waals surface area contributed by atoms with Crippen LogP contribution >= 0.6 is 0 Å². The van der Waals surface area contributed by atoms with Gasteiger partial charge in [-0.05, 0) is 12.2 Å². The Hall–Kier alpha value is -2.20. The largest absolute Gasteiger partial charge is 0.447 e. The van der Waals surface area contributed by atoms with Gasteiger partial charge < -0.3 is 10.1 Å². The van der Waals surface area contributed by atoms with Gasteiger partial charge in [-0.1, -0.05) is 23.7 Å². The summed E-state index contributed by atoms with van der Waals surface area (Å²) in [6.07, 6.45) is 3.08. The van der Waals surface area contributed by atoms with E-state index >= 15 is 0 Å². The molecule has 1 aliphatic heterocycles. The van der Waals surface area contributed by atoms with Gasteiger partial charge >= 0.3 is 5.97 Å². The van der Waals surface area contributed by atoms with Gasteiger partial charge in [0.2, 0.25) is 5.91 Å². The van der Waals surface area contributed by atoms with E-state index in [1.54, 1.807) is 12.2 Å². The minimum absolute atomic E-state index is 0.0622. The zero-order chi connectivity index (χ0) is 12.3. The van der Waals surface area contributed by atoms with Crippen molar-refractivity contribution in [2.75, 3.05) is 0 Å². The molecule has 1 amide bonds. The Morgan fingerprint density at radius 1 is 1.47 bits per heavy atom. The second-order valence-electron chi connectivity index (χ2n) is 3.82. The smallest absolute Gasteiger partial charge is 0.303 e. The van der Waals surface area contributed by atoms with Crippen LogP contribution in [0.1, 0.15) is 13.3 Å². The quantitative estimate of drug-likeness (QED) is 0.391. The molecule has 0 bridgehead atoms. The highest BCUT2D eigenvalue weighted by Crippen LogP contribution is 2.23. The van der Waals surface area contributed by atoms with E-state index in [1.165, 1.54) is 6.92 Å². The second kappa shape index (κ2) is 4.76. The fourth-order valence-electron chi connectivity index (χ4n) is 1.76. The van der Waals surface area contributed by atoms with E-state index in [0.29, 0.717) is 6.42 Å². The van der Waals surface area contributed by atoms with Crippen molar-refractivity contribution in [3.05, 3.63) is 12.2 Å². The predicted molar refractivity (Wildman–Crippen MR) is 60.3 cm³/mol. The fourth-order valence-corrected chi connectivity index (χ4v) is 1.76. The molecular weight excluding hydrogens is 218 g/mol. The zero-order valence-corrected chi connectivity index (χ0v) is 9.32. The molecule has 2 aliphatic rings. The molecule has 0 aromatic carbocycles. The topological polar surface area (TPSA) is 55.4 Å². The molecule has 1 N–H and O–H groups in total. The Kier molecular flexibility index (Phi) is 3.16. The molecular formula is C13H11NO3. The number of hydrogen-bond donors (Lipinski definition) is 1. The third kappa shape index (κ3) is 2.49. The monoisotopic (exact) mass is 229 g/mol. The van der Waals surface area contributed by atoms with Crippen molar-refractivity contribution in [2.24, 2.45) is 5.92 Å². The molecule has 4 nitrogen and oxygen atoms in total. The first-order valence-electron chi connectivity index (χ1n) is 5.30. The Morgan fingerprint density at radius 3 is 2.94 bits per heavy atom. The number of rotatable bonds is 1. The zero-order valence-electron chi connectivity index (χ0n) is 9.32. The summed E-state index contributed by atoms with van der Waals surface area (Å²) in [4.78, 5) is 22.3. The van der Waals surface area contributed by atoms with Crippen molar-refractivity contribution in [1.29, 1.82) is 0 Å². The highest BCUT2D eigenvalue weighted by Gasteiger charge is 2.44. The van der Waals surface area contributed by atoms with Crippen molar-refractivity contribution in [3.63, 3.8) is 0 Å². The maximum absolute atomic E-state index is 11.4. The number of carbonyl (C=O) groups is 2. The summed E-state index contributed by atoms with van der Waals surface area (Å²) in [7, 11) is 0. The molecule has 86 valence electrons. The van der Waals surface area contributed by atoms with Gasteiger partial charge in [0.05, 0.1) is 12.0 Å². The Bertz CT molecular complexity index is 498. The molecule has 17 heavy (non-hydrogen) atoms. The van der Waals surface area contributed by atoms with Gasteiger partial charge in [-0.25, -0.2) is 0 Å². The van der Waals surface area contributed by atoms with Crippen LogP contribution in [0.15, 0.2) is 12.2 Å². The lowest BCUT2D eigenvalue weighted by molar-refractivity contribution is -0.152. The van der Waals surface area contributed by atoms with Crippen LogP contribution in [-0.4, -0.2) is 24.0 Å². The van der Waals surface area contributed by atoms with Crippen LogP contribution in [0.2, 0.25) is 0 Å². The van der Waals surface area contributed by atoms with E-state index in [0.717, 1.165) is 0 Å². The number of β-lactam (4-membered cyclic amide) rings is 1. The van der Waals surface area contributed by atoms with Gasteiger partial charge in [-0.3, -0.25) is 9.59 Å². The Labute approximate surface area is 99.4 Å². The number of ether oxygens (including phenoxy) is 1. The molecule has 1 fully saturated rings. The number of hydrogen-bond acceptors (Lipinski definition) is 3. The lowest BCUT2D eigenvalue weighted by atomic mass is 9.84. The van der Waals surface area contributed by atoms with Crippen molar-refractivity contribution in [2.45, 2.75) is 25.5 Å². The first kappa shape index (κ1) is 11.3. The summed E-state index contributed by atoms with van der Waals surface area (Å²) in [6, 6.07) is -0.250. The van der Waals surface area contributed by atoms with Crippen molar-refractivity contribution in [1.82, 2.24) is 5.32 Å². The van der Waals surface area contributed by atoms with Crippen LogP contribution in [0, 0.1) is 29.6 Å². The summed E-state index contributed by atoms with van der Waals surface area (Å²) in [5.74, 6) is 10.5. The van der Waals surface area contributed by atoms with Crippen LogP contribution in [0.3, 0.4) is 0 Å². The normalized spacial score (nSPS) is 29.2. The third-order valence-corrected chi connectivity index (χ3v) is 2.60. The summed E-state index contributed by atoms with van der Waals surface area (Å²) in [5, 5.41) is 2.71. The molecule has 0 aromatic rings.